The smallest absolute Gasteiger partial charge is 0.260 e. The molecule has 0 heterocycles. The van der Waals surface area contributed by atoms with Gasteiger partial charge in [-0.15, -0.1) is 0 Å². The fraction of sp³-hybridized carbons (Fsp3) is 0.533. The summed E-state index contributed by atoms with van der Waals surface area (Å²) in [7, 11) is 0. The second-order valence-electron chi connectivity index (χ2n) is 5.06. The third kappa shape index (κ3) is 3.73. The van der Waals surface area contributed by atoms with Crippen LogP contribution in [0.1, 0.15) is 38.4 Å². The molecule has 1 aromatic rings. The summed E-state index contributed by atoms with van der Waals surface area (Å²) in [5.41, 5.74) is 0.690. The van der Waals surface area contributed by atoms with Gasteiger partial charge < -0.3 is 14.7 Å². The summed E-state index contributed by atoms with van der Waals surface area (Å²) in [6.07, 6.45) is 1.56. The summed E-state index contributed by atoms with van der Waals surface area (Å²) in [6.45, 7) is 4.39. The van der Waals surface area contributed by atoms with E-state index in [1.54, 1.807) is 19.1 Å². The van der Waals surface area contributed by atoms with Crippen LogP contribution >= 0.6 is 15.9 Å². The highest BCUT2D eigenvalue weighted by atomic mass is 79.9. The minimum absolute atomic E-state index is 0.00604. The van der Waals surface area contributed by atoms with E-state index in [2.05, 4.69) is 15.9 Å². The third-order valence-corrected chi connectivity index (χ3v) is 3.92. The van der Waals surface area contributed by atoms with Crippen molar-refractivity contribution in [1.29, 1.82) is 0 Å². The lowest BCUT2D eigenvalue weighted by molar-refractivity contribution is -0.133. The molecule has 0 bridgehead atoms. The molecule has 0 radical (unpaired) electrons. The fourth-order valence-electron chi connectivity index (χ4n) is 2.23. The third-order valence-electron chi connectivity index (χ3n) is 3.43. The molecule has 1 aliphatic carbocycles. The molecule has 0 aromatic heterocycles. The van der Waals surface area contributed by atoms with Crippen molar-refractivity contribution in [2.24, 2.45) is 0 Å². The minimum atomic E-state index is -0.626. The van der Waals surface area contributed by atoms with E-state index < -0.39 is 6.10 Å². The molecule has 110 valence electrons. The molecule has 1 saturated carbocycles. The second kappa shape index (κ2) is 6.59. The molecule has 5 heteroatoms. The molecule has 0 unspecified atom stereocenters. The van der Waals surface area contributed by atoms with E-state index in [-0.39, 0.29) is 12.5 Å². The van der Waals surface area contributed by atoms with Crippen LogP contribution in [0.5, 0.6) is 5.75 Å². The Morgan fingerprint density at radius 1 is 1.55 bits per heavy atom. The van der Waals surface area contributed by atoms with Gasteiger partial charge in [0.25, 0.3) is 5.91 Å². The van der Waals surface area contributed by atoms with Gasteiger partial charge >= 0.3 is 0 Å². The highest BCUT2D eigenvalue weighted by molar-refractivity contribution is 9.10. The average Bonchev–Trinajstić information content (AvgIpc) is 3.21. The Labute approximate surface area is 127 Å². The van der Waals surface area contributed by atoms with E-state index in [4.69, 9.17) is 4.74 Å². The van der Waals surface area contributed by atoms with Crippen LogP contribution < -0.4 is 4.74 Å². The number of carbonyl (C=O) groups excluding carboxylic acids is 1. The molecule has 1 fully saturated rings. The van der Waals surface area contributed by atoms with Gasteiger partial charge in [0, 0.05) is 22.6 Å². The number of rotatable bonds is 6. The summed E-state index contributed by atoms with van der Waals surface area (Å²) in [4.78, 5) is 14.0. The Hall–Kier alpha value is -1.07. The molecule has 1 N–H and O–H groups in total. The number of aliphatic hydroxyl groups excluding tert-OH is 1. The number of hydrogen-bond acceptors (Lipinski definition) is 3. The first-order valence-electron chi connectivity index (χ1n) is 6.92. The van der Waals surface area contributed by atoms with Crippen molar-refractivity contribution in [2.45, 2.75) is 38.8 Å². The Bertz CT molecular complexity index is 486. The molecule has 1 amide bonds. The van der Waals surface area contributed by atoms with Crippen molar-refractivity contribution in [2.75, 3.05) is 13.2 Å². The topological polar surface area (TPSA) is 49.8 Å². The molecular weight excluding hydrogens is 322 g/mol. The lowest BCUT2D eigenvalue weighted by Gasteiger charge is -2.21. The Balaban J connectivity index is 2.02. The monoisotopic (exact) mass is 341 g/mol. The lowest BCUT2D eigenvalue weighted by Crippen LogP contribution is -2.36. The number of amides is 1. The van der Waals surface area contributed by atoms with Crippen molar-refractivity contribution < 1.29 is 14.6 Å². The number of halogens is 1. The van der Waals surface area contributed by atoms with Gasteiger partial charge in [-0.25, -0.2) is 0 Å². The SMILES string of the molecule is CCN(C(=O)COc1cc(Br)ccc1[C@H](C)O)C1CC1. The van der Waals surface area contributed by atoms with Crippen molar-refractivity contribution in [3.8, 4) is 5.75 Å². The minimum Gasteiger partial charge on any atom is -0.483 e. The summed E-state index contributed by atoms with van der Waals surface area (Å²) >= 11 is 3.37. The molecule has 0 saturated heterocycles. The van der Waals surface area contributed by atoms with Gasteiger partial charge in [-0.3, -0.25) is 4.79 Å². The lowest BCUT2D eigenvalue weighted by atomic mass is 10.1. The van der Waals surface area contributed by atoms with E-state index in [1.807, 2.05) is 17.9 Å². The predicted molar refractivity (Wildman–Crippen MR) is 80.7 cm³/mol. The zero-order valence-corrected chi connectivity index (χ0v) is 13.4. The van der Waals surface area contributed by atoms with Gasteiger partial charge in [-0.2, -0.15) is 0 Å². The number of carbonyl (C=O) groups is 1. The van der Waals surface area contributed by atoms with E-state index in [0.717, 1.165) is 17.3 Å². The molecule has 1 aromatic carbocycles. The molecular formula is C15H20BrNO3. The zero-order chi connectivity index (χ0) is 14.7. The molecule has 1 atom stereocenters. The van der Waals surface area contributed by atoms with Crippen LogP contribution in [-0.4, -0.2) is 35.1 Å². The van der Waals surface area contributed by atoms with E-state index in [0.29, 0.717) is 23.9 Å². The number of benzene rings is 1. The van der Waals surface area contributed by atoms with Crippen LogP contribution in [0.4, 0.5) is 0 Å². The Morgan fingerprint density at radius 2 is 2.25 bits per heavy atom. The molecule has 0 aliphatic heterocycles. The Kier molecular flexibility index (Phi) is 5.05. The maximum absolute atomic E-state index is 12.1. The highest BCUT2D eigenvalue weighted by Crippen LogP contribution is 2.29. The zero-order valence-electron chi connectivity index (χ0n) is 11.8. The van der Waals surface area contributed by atoms with Crippen molar-refractivity contribution in [3.63, 3.8) is 0 Å². The summed E-state index contributed by atoms with van der Waals surface area (Å²) < 4.78 is 6.48. The van der Waals surface area contributed by atoms with Crippen molar-refractivity contribution >= 4 is 21.8 Å². The molecule has 0 spiro atoms. The maximum atomic E-state index is 12.1. The van der Waals surface area contributed by atoms with Gasteiger partial charge in [-0.05, 0) is 38.8 Å². The molecule has 2 rings (SSSR count). The van der Waals surface area contributed by atoms with Crippen LogP contribution in [0.2, 0.25) is 0 Å². The first kappa shape index (κ1) is 15.3. The predicted octanol–water partition coefficient (Wildman–Crippen LogP) is 2.89. The number of aliphatic hydroxyl groups is 1. The summed E-state index contributed by atoms with van der Waals surface area (Å²) in [5, 5.41) is 9.72. The van der Waals surface area contributed by atoms with Gasteiger partial charge in [0.05, 0.1) is 6.10 Å². The van der Waals surface area contributed by atoms with Gasteiger partial charge in [0.1, 0.15) is 5.75 Å². The standard InChI is InChI=1S/C15H20BrNO3/c1-3-17(12-5-6-12)15(19)9-20-14-8-11(16)4-7-13(14)10(2)18/h4,7-8,10,12,18H,3,5-6,9H2,1-2H3/t10-/m0/s1. The van der Waals surface area contributed by atoms with Crippen molar-refractivity contribution in [3.05, 3.63) is 28.2 Å². The van der Waals surface area contributed by atoms with E-state index in [9.17, 15) is 9.90 Å². The van der Waals surface area contributed by atoms with E-state index in [1.165, 1.54) is 0 Å². The second-order valence-corrected chi connectivity index (χ2v) is 5.97. The summed E-state index contributed by atoms with van der Waals surface area (Å²) in [5.74, 6) is 0.557. The first-order chi connectivity index (χ1) is 9.52. The number of nitrogens with zero attached hydrogens (tertiary/aromatic N) is 1. The number of likely N-dealkylation sites (N-methyl/N-ethyl adjacent to an activating group) is 1. The van der Waals surface area contributed by atoms with E-state index >= 15 is 0 Å². The first-order valence-corrected chi connectivity index (χ1v) is 7.72. The van der Waals surface area contributed by atoms with Gasteiger partial charge in [0.2, 0.25) is 0 Å². The summed E-state index contributed by atoms with van der Waals surface area (Å²) in [6, 6.07) is 5.82. The molecule has 4 nitrogen and oxygen atoms in total. The van der Waals surface area contributed by atoms with Gasteiger partial charge in [0.15, 0.2) is 6.61 Å². The average molecular weight is 342 g/mol. The van der Waals surface area contributed by atoms with Crippen molar-refractivity contribution in [1.82, 2.24) is 4.90 Å². The highest BCUT2D eigenvalue weighted by Gasteiger charge is 2.31. The fourth-order valence-corrected chi connectivity index (χ4v) is 2.57. The van der Waals surface area contributed by atoms with Crippen LogP contribution in [0.3, 0.4) is 0 Å². The maximum Gasteiger partial charge on any atom is 0.260 e. The van der Waals surface area contributed by atoms with Crippen LogP contribution in [0.25, 0.3) is 0 Å². The van der Waals surface area contributed by atoms with Gasteiger partial charge in [-0.1, -0.05) is 22.0 Å². The number of ether oxygens (including phenoxy) is 1. The number of hydrogen-bond donors (Lipinski definition) is 1. The molecule has 1 aliphatic rings. The quantitative estimate of drug-likeness (QED) is 0.865. The van der Waals surface area contributed by atoms with Crippen LogP contribution in [-0.2, 0) is 4.79 Å². The normalized spacial score (nSPS) is 15.8. The Morgan fingerprint density at radius 3 is 2.80 bits per heavy atom. The molecule has 20 heavy (non-hydrogen) atoms. The van der Waals surface area contributed by atoms with Crippen LogP contribution in [0.15, 0.2) is 22.7 Å². The van der Waals surface area contributed by atoms with Crippen LogP contribution in [0, 0.1) is 0 Å². The largest absolute Gasteiger partial charge is 0.483 e.